The van der Waals surface area contributed by atoms with Gasteiger partial charge in [-0.05, 0) is 50.1 Å². The first kappa shape index (κ1) is 25.2. The molecule has 4 aliphatic rings. The van der Waals surface area contributed by atoms with Crippen LogP contribution in [0.15, 0.2) is 36.7 Å². The fourth-order valence-corrected chi connectivity index (χ4v) is 7.95. The zero-order valence-corrected chi connectivity index (χ0v) is 23.7. The monoisotopic (exact) mass is 556 g/mol. The zero-order chi connectivity index (χ0) is 28.1. The molecule has 0 bridgehead atoms. The van der Waals surface area contributed by atoms with Crippen molar-refractivity contribution >= 4 is 22.8 Å². The van der Waals surface area contributed by atoms with Gasteiger partial charge in [-0.3, -0.25) is 4.90 Å². The Labute approximate surface area is 237 Å². The van der Waals surface area contributed by atoms with Gasteiger partial charge in [0.25, 0.3) is 0 Å². The highest BCUT2D eigenvalue weighted by atomic mass is 19.1. The van der Waals surface area contributed by atoms with Crippen molar-refractivity contribution < 1.29 is 8.78 Å². The third-order valence-corrected chi connectivity index (χ3v) is 10.2. The van der Waals surface area contributed by atoms with E-state index in [9.17, 15) is 4.39 Å². The van der Waals surface area contributed by atoms with Gasteiger partial charge in [0.2, 0.25) is 5.95 Å². The molecule has 8 nitrogen and oxygen atoms in total. The van der Waals surface area contributed by atoms with Crippen molar-refractivity contribution in [1.82, 2.24) is 34.3 Å². The second kappa shape index (κ2) is 8.51. The van der Waals surface area contributed by atoms with Crippen molar-refractivity contribution in [3.05, 3.63) is 59.7 Å². The molecular formula is C31H34F2N8. The summed E-state index contributed by atoms with van der Waals surface area (Å²) < 4.78 is 32.3. The largest absolute Gasteiger partial charge is 0.322 e. The molecule has 1 spiro atoms. The number of rotatable bonds is 5. The molecule has 3 fully saturated rings. The molecule has 1 aromatic carbocycles. The number of aromatic nitrogens is 5. The first-order chi connectivity index (χ1) is 19.6. The highest BCUT2D eigenvalue weighted by Gasteiger charge is 2.56. The summed E-state index contributed by atoms with van der Waals surface area (Å²) >= 11 is 0. The molecule has 212 valence electrons. The van der Waals surface area contributed by atoms with Crippen LogP contribution in [0.4, 0.5) is 20.5 Å². The summed E-state index contributed by atoms with van der Waals surface area (Å²) in [6.45, 7) is 10.1. The Morgan fingerprint density at radius 1 is 0.902 bits per heavy atom. The number of halogens is 2. The van der Waals surface area contributed by atoms with Gasteiger partial charge in [-0.15, -0.1) is 0 Å². The summed E-state index contributed by atoms with van der Waals surface area (Å²) in [5.41, 5.74) is 3.29. The molecule has 3 aromatic heterocycles. The first-order valence-electron chi connectivity index (χ1n) is 14.5. The quantitative estimate of drug-likeness (QED) is 0.366. The van der Waals surface area contributed by atoms with E-state index in [4.69, 9.17) is 0 Å². The highest BCUT2D eigenvalue weighted by molar-refractivity contribution is 5.83. The number of pyridine rings is 1. The third kappa shape index (κ3) is 3.90. The van der Waals surface area contributed by atoms with E-state index in [0.717, 1.165) is 76.0 Å². The maximum absolute atomic E-state index is 15.2. The number of fused-ring (bicyclic) bond motifs is 5. The lowest BCUT2D eigenvalue weighted by molar-refractivity contribution is 0.212. The van der Waals surface area contributed by atoms with Gasteiger partial charge in [0.05, 0.1) is 11.7 Å². The average molecular weight is 557 g/mol. The maximum atomic E-state index is 15.2. The van der Waals surface area contributed by atoms with Crippen molar-refractivity contribution in [3.8, 4) is 11.3 Å². The van der Waals surface area contributed by atoms with Crippen molar-refractivity contribution in [3.63, 3.8) is 0 Å². The lowest BCUT2D eigenvalue weighted by Gasteiger charge is -2.31. The highest BCUT2D eigenvalue weighted by Crippen LogP contribution is 2.54. The van der Waals surface area contributed by atoms with E-state index in [1.807, 2.05) is 18.3 Å². The van der Waals surface area contributed by atoms with Crippen molar-refractivity contribution in [2.24, 2.45) is 10.8 Å². The molecule has 3 aliphatic heterocycles. The summed E-state index contributed by atoms with van der Waals surface area (Å²) in [5, 5.41) is 3.09. The minimum atomic E-state index is -0.608. The van der Waals surface area contributed by atoms with Gasteiger partial charge < -0.3 is 14.8 Å². The number of benzene rings is 1. The van der Waals surface area contributed by atoms with Gasteiger partial charge in [-0.2, -0.15) is 0 Å². The van der Waals surface area contributed by atoms with Gasteiger partial charge in [-0.25, -0.2) is 28.7 Å². The normalized spacial score (nSPS) is 26.7. The molecule has 4 aromatic rings. The Kier molecular flexibility index (Phi) is 5.24. The van der Waals surface area contributed by atoms with Gasteiger partial charge in [0.1, 0.15) is 22.9 Å². The molecule has 2 saturated heterocycles. The van der Waals surface area contributed by atoms with Crippen molar-refractivity contribution in [1.29, 1.82) is 0 Å². The van der Waals surface area contributed by atoms with E-state index < -0.39 is 11.6 Å². The number of hydrogen-bond acceptors (Lipinski definition) is 7. The van der Waals surface area contributed by atoms with Crippen LogP contribution in [-0.2, 0) is 18.5 Å². The summed E-state index contributed by atoms with van der Waals surface area (Å²) in [5.74, 6) is 0.616. The maximum Gasteiger partial charge on any atom is 0.229 e. The zero-order valence-electron chi connectivity index (χ0n) is 23.7. The Bertz CT molecular complexity index is 1680. The standard InChI is InChI=1S/C31H34F2N8/c1-29-15-39(3)16-30(29,2)18-40(17-29)14-19-4-5-24(34-12-19)36-28-35-13-22(33)26(38-28)20-10-21(32)27-23(11-20)41-25(37-27)6-7-31(41)8-9-31/h4-5,10-13H,6-9,14-18H2,1-3H3,(H,34,35,36,38)/t29-,30+. The number of imidazole rings is 1. The van der Waals surface area contributed by atoms with Crippen LogP contribution in [0.3, 0.4) is 0 Å². The Hall–Kier alpha value is -3.50. The number of nitrogens with one attached hydrogen (secondary N) is 1. The number of anilines is 2. The van der Waals surface area contributed by atoms with E-state index in [1.54, 1.807) is 0 Å². The predicted molar refractivity (Wildman–Crippen MR) is 153 cm³/mol. The molecular weight excluding hydrogens is 522 g/mol. The lowest BCUT2D eigenvalue weighted by atomic mass is 9.71. The van der Waals surface area contributed by atoms with Gasteiger partial charge in [0, 0.05) is 67.3 Å². The van der Waals surface area contributed by atoms with E-state index in [1.165, 1.54) is 6.07 Å². The van der Waals surface area contributed by atoms with E-state index in [-0.39, 0.29) is 17.2 Å². The van der Waals surface area contributed by atoms with Gasteiger partial charge >= 0.3 is 0 Å². The fourth-order valence-electron chi connectivity index (χ4n) is 7.95. The number of likely N-dealkylation sites (tertiary alicyclic amines) is 2. The van der Waals surface area contributed by atoms with Crippen LogP contribution in [0.25, 0.3) is 22.3 Å². The van der Waals surface area contributed by atoms with Crippen LogP contribution in [0.5, 0.6) is 0 Å². The van der Waals surface area contributed by atoms with Gasteiger partial charge in [-0.1, -0.05) is 19.9 Å². The van der Waals surface area contributed by atoms with Crippen molar-refractivity contribution in [2.45, 2.75) is 51.6 Å². The smallest absolute Gasteiger partial charge is 0.229 e. The summed E-state index contributed by atoms with van der Waals surface area (Å²) in [4.78, 5) is 22.7. The molecule has 2 atom stereocenters. The van der Waals surface area contributed by atoms with Crippen LogP contribution >= 0.6 is 0 Å². The van der Waals surface area contributed by atoms with Crippen LogP contribution in [0.2, 0.25) is 0 Å². The summed E-state index contributed by atoms with van der Waals surface area (Å²) in [6, 6.07) is 7.08. The molecule has 6 heterocycles. The van der Waals surface area contributed by atoms with Crippen molar-refractivity contribution in [2.75, 3.05) is 38.5 Å². The third-order valence-electron chi connectivity index (χ3n) is 10.2. The second-order valence-electron chi connectivity index (χ2n) is 13.4. The van der Waals surface area contributed by atoms with Crippen LogP contribution in [-0.4, -0.2) is 67.5 Å². The fraction of sp³-hybridized carbons (Fsp3) is 0.484. The average Bonchev–Trinajstić information content (AvgIpc) is 3.26. The minimum Gasteiger partial charge on any atom is -0.322 e. The molecule has 41 heavy (non-hydrogen) atoms. The first-order valence-corrected chi connectivity index (χ1v) is 14.5. The summed E-state index contributed by atoms with van der Waals surface area (Å²) in [7, 11) is 2.22. The molecule has 0 radical (unpaired) electrons. The minimum absolute atomic E-state index is 0.0468. The molecule has 10 heteroatoms. The molecule has 8 rings (SSSR count). The topological polar surface area (TPSA) is 75.0 Å². The van der Waals surface area contributed by atoms with E-state index in [0.29, 0.717) is 33.2 Å². The second-order valence-corrected chi connectivity index (χ2v) is 13.4. The predicted octanol–water partition coefficient (Wildman–Crippen LogP) is 5.12. The SMILES string of the molecule is CN1C[C@@]2(C)CN(Cc3ccc(Nc4ncc(F)c(-c5cc(F)c6nc7n(c6c5)C5(CC7)CC5)n4)nc3)C[C@@]2(C)C1. The van der Waals surface area contributed by atoms with E-state index in [2.05, 4.69) is 66.6 Å². The summed E-state index contributed by atoms with van der Waals surface area (Å²) in [6.07, 6.45) is 7.02. The molecule has 0 unspecified atom stereocenters. The molecule has 1 aliphatic carbocycles. The van der Waals surface area contributed by atoms with Crippen LogP contribution < -0.4 is 5.32 Å². The number of nitrogens with zero attached hydrogens (tertiary/aromatic N) is 7. The number of hydrogen-bond donors (Lipinski definition) is 1. The number of aryl methyl sites for hydroxylation is 1. The lowest BCUT2D eigenvalue weighted by Crippen LogP contribution is -2.34. The Balaban J connectivity index is 1.01. The molecule has 1 saturated carbocycles. The van der Waals surface area contributed by atoms with Crippen LogP contribution in [0, 0.1) is 22.5 Å². The molecule has 0 amide bonds. The molecule has 1 N–H and O–H groups in total. The Morgan fingerprint density at radius 3 is 2.39 bits per heavy atom. The van der Waals surface area contributed by atoms with E-state index >= 15 is 4.39 Å². The van der Waals surface area contributed by atoms with Crippen LogP contribution in [0.1, 0.15) is 44.5 Å². The Morgan fingerprint density at radius 2 is 1.68 bits per heavy atom. The van der Waals surface area contributed by atoms with Gasteiger partial charge in [0.15, 0.2) is 11.6 Å².